The predicted octanol–water partition coefficient (Wildman–Crippen LogP) is 7.06. The third-order valence-corrected chi connectivity index (χ3v) is 6.38. The van der Waals surface area contributed by atoms with Crippen LogP contribution in [0, 0.1) is 0 Å². The molecule has 0 fully saturated rings. The number of para-hydroxylation sites is 1. The van der Waals surface area contributed by atoms with Crippen LogP contribution >= 0.6 is 22.9 Å². The molecule has 0 saturated heterocycles. The van der Waals surface area contributed by atoms with E-state index in [0.29, 0.717) is 28.3 Å². The van der Waals surface area contributed by atoms with E-state index in [0.717, 1.165) is 32.8 Å². The topological polar surface area (TPSA) is 70.3 Å². The summed E-state index contributed by atoms with van der Waals surface area (Å²) in [7, 11) is 0. The van der Waals surface area contributed by atoms with Crippen LogP contribution in [0.5, 0.6) is 11.5 Å². The van der Waals surface area contributed by atoms with Gasteiger partial charge < -0.3 is 9.84 Å². The third kappa shape index (κ3) is 4.40. The van der Waals surface area contributed by atoms with Gasteiger partial charge in [-0.15, -0.1) is 0 Å². The lowest BCUT2D eigenvalue weighted by Gasteiger charge is -2.16. The Labute approximate surface area is 206 Å². The summed E-state index contributed by atoms with van der Waals surface area (Å²) < 4.78 is 6.62. The van der Waals surface area contributed by atoms with Crippen molar-refractivity contribution in [2.75, 3.05) is 11.6 Å². The second-order valence-electron chi connectivity index (χ2n) is 7.59. The van der Waals surface area contributed by atoms with Crippen molar-refractivity contribution in [1.29, 1.82) is 0 Å². The minimum absolute atomic E-state index is 0.102. The molecule has 34 heavy (non-hydrogen) atoms. The molecule has 0 amide bonds. The number of hydrazone groups is 1. The summed E-state index contributed by atoms with van der Waals surface area (Å²) >= 11 is 7.79. The van der Waals surface area contributed by atoms with Gasteiger partial charge in [0.1, 0.15) is 0 Å². The number of benzene rings is 3. The molecule has 5 rings (SSSR count). The fourth-order valence-electron chi connectivity index (χ4n) is 3.65. The average molecular weight is 489 g/mol. The Morgan fingerprint density at radius 2 is 1.97 bits per heavy atom. The van der Waals surface area contributed by atoms with Crippen LogP contribution < -0.4 is 9.75 Å². The van der Waals surface area contributed by atoms with Crippen molar-refractivity contribution < 1.29 is 9.84 Å². The highest BCUT2D eigenvalue weighted by molar-refractivity contribution is 7.22. The Morgan fingerprint density at radius 3 is 2.76 bits per heavy atom. The van der Waals surface area contributed by atoms with Crippen LogP contribution in [-0.4, -0.2) is 28.2 Å². The molecular weight excluding hydrogens is 468 g/mol. The molecule has 0 aliphatic carbocycles. The van der Waals surface area contributed by atoms with Crippen molar-refractivity contribution in [3.8, 4) is 11.5 Å². The molecule has 4 aromatic rings. The number of rotatable bonds is 5. The lowest BCUT2D eigenvalue weighted by Crippen LogP contribution is -2.21. The van der Waals surface area contributed by atoms with Crippen molar-refractivity contribution in [2.24, 2.45) is 10.1 Å². The number of anilines is 1. The van der Waals surface area contributed by atoms with E-state index in [9.17, 15) is 5.11 Å². The normalized spacial score (nSPS) is 16.0. The van der Waals surface area contributed by atoms with Gasteiger partial charge in [0, 0.05) is 10.6 Å². The van der Waals surface area contributed by atoms with Gasteiger partial charge in [0.2, 0.25) is 5.13 Å². The fraction of sp³-hybridized carbons (Fsp3) is 0.115. The summed E-state index contributed by atoms with van der Waals surface area (Å²) in [6.07, 6.45) is 1.98. The summed E-state index contributed by atoms with van der Waals surface area (Å²) in [6.45, 7) is 4.28. The zero-order valence-corrected chi connectivity index (χ0v) is 20.1. The summed E-state index contributed by atoms with van der Waals surface area (Å²) in [4.78, 5) is 9.62. The molecule has 0 unspecified atom stereocenters. The van der Waals surface area contributed by atoms with Gasteiger partial charge in [-0.3, -0.25) is 0 Å². The number of hydrogen-bond donors (Lipinski definition) is 1. The molecule has 0 bridgehead atoms. The summed E-state index contributed by atoms with van der Waals surface area (Å²) in [5, 5.41) is 17.9. The van der Waals surface area contributed by atoms with Crippen LogP contribution in [0.2, 0.25) is 5.02 Å². The first kappa shape index (κ1) is 22.1. The van der Waals surface area contributed by atoms with E-state index in [2.05, 4.69) is 4.98 Å². The van der Waals surface area contributed by atoms with Crippen molar-refractivity contribution in [3.05, 3.63) is 82.9 Å². The Morgan fingerprint density at radius 1 is 1.12 bits per heavy atom. The van der Waals surface area contributed by atoms with Crippen molar-refractivity contribution >= 4 is 61.6 Å². The number of aliphatic imine (C=N–C) groups is 1. The second-order valence-corrected chi connectivity index (χ2v) is 9.04. The second kappa shape index (κ2) is 9.29. The molecule has 1 aliphatic rings. The SMILES string of the molecule is CCOc1cc(/C=C2/C(C)=NN(c3cccc(Cl)c3)/C2=N/c2nc3ccccc3s2)ccc1O. The van der Waals surface area contributed by atoms with Crippen LogP contribution in [0.1, 0.15) is 19.4 Å². The van der Waals surface area contributed by atoms with Crippen LogP contribution in [0.25, 0.3) is 16.3 Å². The number of aromatic nitrogens is 1. The Kier molecular flexibility index (Phi) is 6.04. The molecule has 0 saturated carbocycles. The number of amidine groups is 1. The largest absolute Gasteiger partial charge is 0.504 e. The lowest BCUT2D eigenvalue weighted by atomic mass is 10.1. The van der Waals surface area contributed by atoms with Crippen molar-refractivity contribution in [1.82, 2.24) is 4.98 Å². The van der Waals surface area contributed by atoms with Gasteiger partial charge in [-0.05, 0) is 68.0 Å². The molecule has 1 N–H and O–H groups in total. The van der Waals surface area contributed by atoms with E-state index in [1.54, 1.807) is 17.1 Å². The number of fused-ring (bicyclic) bond motifs is 1. The maximum Gasteiger partial charge on any atom is 0.212 e. The number of halogens is 1. The first-order valence-electron chi connectivity index (χ1n) is 10.8. The van der Waals surface area contributed by atoms with Gasteiger partial charge in [0.25, 0.3) is 0 Å². The maximum absolute atomic E-state index is 10.1. The minimum atomic E-state index is 0.102. The third-order valence-electron chi connectivity index (χ3n) is 5.21. The lowest BCUT2D eigenvalue weighted by molar-refractivity contribution is 0.318. The molecule has 1 aliphatic heterocycles. The van der Waals surface area contributed by atoms with E-state index in [-0.39, 0.29) is 5.75 Å². The molecule has 6 nitrogen and oxygen atoms in total. The first-order valence-corrected chi connectivity index (χ1v) is 11.9. The Balaban J connectivity index is 1.64. The number of aromatic hydroxyl groups is 1. The number of hydrogen-bond acceptors (Lipinski definition) is 6. The molecule has 0 spiro atoms. The van der Waals surface area contributed by atoms with E-state index in [4.69, 9.17) is 26.4 Å². The van der Waals surface area contributed by atoms with E-state index in [1.165, 1.54) is 11.3 Å². The number of phenolic OH excluding ortho intramolecular Hbond substituents is 1. The molecule has 2 heterocycles. The van der Waals surface area contributed by atoms with Crippen molar-refractivity contribution in [2.45, 2.75) is 13.8 Å². The molecular formula is C26H21ClN4O2S. The maximum atomic E-state index is 10.1. The molecule has 8 heteroatoms. The Hall–Kier alpha value is -3.68. The number of nitrogens with zero attached hydrogens (tertiary/aromatic N) is 4. The van der Waals surface area contributed by atoms with E-state index in [1.807, 2.05) is 74.5 Å². The summed E-state index contributed by atoms with van der Waals surface area (Å²) in [5.74, 6) is 1.18. The van der Waals surface area contributed by atoms with Gasteiger partial charge in [-0.25, -0.2) is 9.99 Å². The van der Waals surface area contributed by atoms with Gasteiger partial charge >= 0.3 is 0 Å². The smallest absolute Gasteiger partial charge is 0.212 e. The zero-order valence-electron chi connectivity index (χ0n) is 18.6. The molecule has 170 valence electrons. The standard InChI is InChI=1S/C26H21ClN4O2S/c1-3-33-23-14-17(11-12-22(23)32)13-20-16(2)30-31(19-8-6-7-18(27)15-19)25(20)29-26-28-21-9-4-5-10-24(21)34-26/h4-15,32H,3H2,1-2H3/b20-13-,29-25+. The zero-order chi connectivity index (χ0) is 23.7. The molecule has 1 aromatic heterocycles. The highest BCUT2D eigenvalue weighted by atomic mass is 35.5. The van der Waals surface area contributed by atoms with Crippen molar-refractivity contribution in [3.63, 3.8) is 0 Å². The van der Waals surface area contributed by atoms with Crippen LogP contribution in [0.3, 0.4) is 0 Å². The van der Waals surface area contributed by atoms with Crippen LogP contribution in [0.4, 0.5) is 10.8 Å². The molecule has 3 aromatic carbocycles. The van der Waals surface area contributed by atoms with E-state index < -0.39 is 0 Å². The first-order chi connectivity index (χ1) is 16.5. The van der Waals surface area contributed by atoms with Gasteiger partial charge in [0.05, 0.1) is 28.2 Å². The highest BCUT2D eigenvalue weighted by Crippen LogP contribution is 2.34. The van der Waals surface area contributed by atoms with E-state index >= 15 is 0 Å². The fourth-order valence-corrected chi connectivity index (χ4v) is 4.67. The van der Waals surface area contributed by atoms with Gasteiger partial charge in [-0.1, -0.05) is 47.2 Å². The predicted molar refractivity (Wildman–Crippen MR) is 141 cm³/mol. The monoisotopic (exact) mass is 488 g/mol. The molecule has 0 atom stereocenters. The van der Waals surface area contributed by atoms with Crippen LogP contribution in [0.15, 0.2) is 82.4 Å². The number of phenols is 1. The quantitative estimate of drug-likeness (QED) is 0.326. The van der Waals surface area contributed by atoms with Crippen LogP contribution in [-0.2, 0) is 0 Å². The summed E-state index contributed by atoms with van der Waals surface area (Å²) in [5.41, 5.74) is 4.20. The average Bonchev–Trinajstić information content (AvgIpc) is 3.37. The number of thiazole rings is 1. The van der Waals surface area contributed by atoms with Gasteiger partial charge in [-0.2, -0.15) is 10.1 Å². The minimum Gasteiger partial charge on any atom is -0.504 e. The summed E-state index contributed by atoms with van der Waals surface area (Å²) in [6, 6.07) is 20.7. The highest BCUT2D eigenvalue weighted by Gasteiger charge is 2.28. The number of ether oxygens (including phenoxy) is 1. The Bertz CT molecular complexity index is 1440. The molecule has 0 radical (unpaired) electrons. The van der Waals surface area contributed by atoms with Gasteiger partial charge in [0.15, 0.2) is 17.3 Å².